The molecule has 1 unspecified atom stereocenters. The van der Waals surface area contributed by atoms with Gasteiger partial charge in [0.05, 0.1) is 0 Å². The number of nitrogens with zero attached hydrogens (tertiary/aromatic N) is 2. The second kappa shape index (κ2) is 16.5. The zero-order valence-electron chi connectivity index (χ0n) is 25.5. The van der Waals surface area contributed by atoms with E-state index in [1.165, 1.54) is 94.2 Å². The lowest BCUT2D eigenvalue weighted by Gasteiger charge is -2.27. The standard InChI is InChI=1S/C38H50N2O2/c1-2-37(32-14-8-7-9-15-32)38(33-16-20-35(21-17-33)41-30-28-39-24-10-3-4-11-25-39)34-18-22-36(23-19-34)42-31-29-40-26-12-5-6-13-27-40/h2,7-9,14-23,37-38H,1,3-6,10-13,24-31H2. The predicted molar refractivity (Wildman–Crippen MR) is 175 cm³/mol. The minimum atomic E-state index is 0.141. The van der Waals surface area contributed by atoms with Crippen molar-refractivity contribution in [3.63, 3.8) is 0 Å². The molecule has 0 aromatic heterocycles. The molecule has 5 rings (SSSR count). The van der Waals surface area contributed by atoms with Gasteiger partial charge in [0, 0.05) is 24.9 Å². The molecule has 2 saturated heterocycles. The molecule has 2 heterocycles. The average Bonchev–Trinajstić information content (AvgIpc) is 3.47. The Morgan fingerprint density at radius 2 is 0.976 bits per heavy atom. The number of allylic oxidation sites excluding steroid dienone is 1. The van der Waals surface area contributed by atoms with Crippen molar-refractivity contribution in [1.82, 2.24) is 9.80 Å². The summed E-state index contributed by atoms with van der Waals surface area (Å²) in [7, 11) is 0. The largest absolute Gasteiger partial charge is 0.492 e. The van der Waals surface area contributed by atoms with Crippen LogP contribution in [0.1, 0.15) is 79.9 Å². The second-order valence-corrected chi connectivity index (χ2v) is 12.0. The monoisotopic (exact) mass is 566 g/mol. The molecular weight excluding hydrogens is 516 g/mol. The molecular formula is C38H50N2O2. The number of likely N-dealkylation sites (tertiary alicyclic amines) is 2. The summed E-state index contributed by atoms with van der Waals surface area (Å²) in [6, 6.07) is 28.2. The molecule has 0 N–H and O–H groups in total. The van der Waals surface area contributed by atoms with E-state index in [0.717, 1.165) is 37.8 Å². The van der Waals surface area contributed by atoms with E-state index in [1.54, 1.807) is 0 Å². The van der Waals surface area contributed by atoms with Gasteiger partial charge in [-0.3, -0.25) is 9.80 Å². The van der Waals surface area contributed by atoms with Crippen molar-refractivity contribution >= 4 is 0 Å². The van der Waals surface area contributed by atoms with Gasteiger partial charge in [0.15, 0.2) is 0 Å². The molecule has 3 aromatic rings. The van der Waals surface area contributed by atoms with Crippen LogP contribution in [0.5, 0.6) is 11.5 Å². The molecule has 0 bridgehead atoms. The van der Waals surface area contributed by atoms with E-state index in [4.69, 9.17) is 9.47 Å². The van der Waals surface area contributed by atoms with Crippen LogP contribution in [-0.4, -0.2) is 62.3 Å². The van der Waals surface area contributed by atoms with Gasteiger partial charge in [-0.05, 0) is 92.8 Å². The topological polar surface area (TPSA) is 24.9 Å². The second-order valence-electron chi connectivity index (χ2n) is 12.0. The van der Waals surface area contributed by atoms with Crippen molar-refractivity contribution in [2.24, 2.45) is 0 Å². The molecule has 42 heavy (non-hydrogen) atoms. The van der Waals surface area contributed by atoms with Crippen LogP contribution in [0.15, 0.2) is 91.5 Å². The summed E-state index contributed by atoms with van der Waals surface area (Å²) in [5, 5.41) is 0. The fourth-order valence-corrected chi connectivity index (χ4v) is 6.59. The normalized spacial score (nSPS) is 17.7. The van der Waals surface area contributed by atoms with Crippen LogP contribution in [0.3, 0.4) is 0 Å². The third-order valence-corrected chi connectivity index (χ3v) is 9.03. The molecule has 4 nitrogen and oxygen atoms in total. The molecule has 2 fully saturated rings. The van der Waals surface area contributed by atoms with Gasteiger partial charge in [-0.1, -0.05) is 86.4 Å². The van der Waals surface area contributed by atoms with E-state index < -0.39 is 0 Å². The summed E-state index contributed by atoms with van der Waals surface area (Å²) in [6.07, 6.45) is 12.8. The quantitative estimate of drug-likeness (QED) is 0.194. The molecule has 224 valence electrons. The van der Waals surface area contributed by atoms with Crippen molar-refractivity contribution in [3.8, 4) is 11.5 Å². The highest BCUT2D eigenvalue weighted by Gasteiger charge is 2.24. The highest BCUT2D eigenvalue weighted by Crippen LogP contribution is 2.40. The summed E-state index contributed by atoms with van der Waals surface area (Å²) < 4.78 is 12.4. The predicted octanol–water partition coefficient (Wildman–Crippen LogP) is 8.30. The Morgan fingerprint density at radius 3 is 1.38 bits per heavy atom. The van der Waals surface area contributed by atoms with Gasteiger partial charge >= 0.3 is 0 Å². The molecule has 0 aliphatic carbocycles. The SMILES string of the molecule is C=CC(c1ccccc1)C(c1ccc(OCCN2CCCCCC2)cc1)c1ccc(OCCN2CCCCCC2)cc1. The number of rotatable bonds is 13. The highest BCUT2D eigenvalue weighted by atomic mass is 16.5. The van der Waals surface area contributed by atoms with E-state index >= 15 is 0 Å². The lowest BCUT2D eigenvalue weighted by atomic mass is 9.77. The first kappa shape index (κ1) is 30.4. The van der Waals surface area contributed by atoms with Crippen molar-refractivity contribution in [1.29, 1.82) is 0 Å². The lowest BCUT2D eigenvalue weighted by molar-refractivity contribution is 0.214. The van der Waals surface area contributed by atoms with Crippen molar-refractivity contribution < 1.29 is 9.47 Å². The van der Waals surface area contributed by atoms with Gasteiger partial charge in [-0.25, -0.2) is 0 Å². The average molecular weight is 567 g/mol. The Bertz CT molecular complexity index is 1090. The molecule has 0 spiro atoms. The summed E-state index contributed by atoms with van der Waals surface area (Å²) in [5.74, 6) is 2.17. The molecule has 2 aliphatic rings. The Morgan fingerprint density at radius 1 is 0.548 bits per heavy atom. The maximum absolute atomic E-state index is 6.18. The summed E-state index contributed by atoms with van der Waals surface area (Å²) in [5.41, 5.74) is 3.80. The van der Waals surface area contributed by atoms with Crippen LogP contribution in [0, 0.1) is 0 Å². The zero-order chi connectivity index (χ0) is 28.8. The number of ether oxygens (including phenoxy) is 2. The van der Waals surface area contributed by atoms with Crippen molar-refractivity contribution in [3.05, 3.63) is 108 Å². The maximum Gasteiger partial charge on any atom is 0.119 e. The van der Waals surface area contributed by atoms with Crippen LogP contribution in [0.4, 0.5) is 0 Å². The number of benzene rings is 3. The lowest BCUT2D eigenvalue weighted by Crippen LogP contribution is -2.29. The number of hydrogen-bond acceptors (Lipinski definition) is 4. The van der Waals surface area contributed by atoms with Crippen molar-refractivity contribution in [2.75, 3.05) is 52.5 Å². The molecule has 0 saturated carbocycles. The van der Waals surface area contributed by atoms with E-state index in [1.807, 2.05) is 0 Å². The van der Waals surface area contributed by atoms with E-state index in [2.05, 4.69) is 101 Å². The Kier molecular flexibility index (Phi) is 12.0. The molecule has 0 amide bonds. The van der Waals surface area contributed by atoms with Gasteiger partial charge in [-0.15, -0.1) is 6.58 Å². The molecule has 0 radical (unpaired) electrons. The fourth-order valence-electron chi connectivity index (χ4n) is 6.59. The van der Waals surface area contributed by atoms with Crippen molar-refractivity contribution in [2.45, 2.75) is 63.2 Å². The Labute approximate surface area is 254 Å². The van der Waals surface area contributed by atoms with E-state index in [-0.39, 0.29) is 11.8 Å². The van der Waals surface area contributed by atoms with Crippen LogP contribution >= 0.6 is 0 Å². The third kappa shape index (κ3) is 8.96. The summed E-state index contributed by atoms with van der Waals surface area (Å²) >= 11 is 0. The van der Waals surface area contributed by atoms with Gasteiger partial charge < -0.3 is 9.47 Å². The first-order chi connectivity index (χ1) is 20.8. The van der Waals surface area contributed by atoms with E-state index in [9.17, 15) is 0 Å². The Balaban J connectivity index is 1.26. The Hall–Kier alpha value is -3.08. The van der Waals surface area contributed by atoms with Gasteiger partial charge in [-0.2, -0.15) is 0 Å². The van der Waals surface area contributed by atoms with Gasteiger partial charge in [0.1, 0.15) is 24.7 Å². The zero-order valence-corrected chi connectivity index (χ0v) is 25.5. The van der Waals surface area contributed by atoms with Crippen LogP contribution in [0.2, 0.25) is 0 Å². The minimum Gasteiger partial charge on any atom is -0.492 e. The summed E-state index contributed by atoms with van der Waals surface area (Å²) in [6.45, 7) is 12.6. The smallest absolute Gasteiger partial charge is 0.119 e. The fraction of sp³-hybridized carbons (Fsp3) is 0.474. The molecule has 4 heteroatoms. The highest BCUT2D eigenvalue weighted by molar-refractivity contribution is 5.43. The first-order valence-electron chi connectivity index (χ1n) is 16.4. The maximum atomic E-state index is 6.18. The third-order valence-electron chi connectivity index (χ3n) is 9.03. The summed E-state index contributed by atoms with van der Waals surface area (Å²) in [4.78, 5) is 5.10. The van der Waals surface area contributed by atoms with E-state index in [0.29, 0.717) is 0 Å². The van der Waals surface area contributed by atoms with Gasteiger partial charge in [0.25, 0.3) is 0 Å². The van der Waals surface area contributed by atoms with Gasteiger partial charge in [0.2, 0.25) is 0 Å². The van der Waals surface area contributed by atoms with Crippen LogP contribution in [-0.2, 0) is 0 Å². The van der Waals surface area contributed by atoms with Crippen LogP contribution in [0.25, 0.3) is 0 Å². The molecule has 2 aliphatic heterocycles. The molecule has 3 aromatic carbocycles. The van der Waals surface area contributed by atoms with Crippen LogP contribution < -0.4 is 9.47 Å². The number of hydrogen-bond donors (Lipinski definition) is 0. The first-order valence-corrected chi connectivity index (χ1v) is 16.4. The minimum absolute atomic E-state index is 0.141. The molecule has 1 atom stereocenters.